The van der Waals surface area contributed by atoms with Crippen molar-refractivity contribution in [1.29, 1.82) is 0 Å². The number of nitrogens with zero attached hydrogens (tertiary/aromatic N) is 8. The Balaban J connectivity index is 3.04. The number of aliphatic hydroxyl groups excluding tert-OH is 1. The SMILES string of the molecule is C/C=C/C[C@@H](C)[C@@H](O)[C@H]1C(=O)N[C@@H](CC)C(=O)N(C)[C@H](C)C(=O)N(C)[C@@H]([C@H](C)CCCN2CCCCC(NC)C2)C(=O)N[C@@H](C(C)C)C(=O)N(C)[C@@H](CC(C)C)C(=O)N[C@@H](C)C(=O)N[C@H](C)C(=O)N(C)[C@@H](CC(C)C)C(=O)N(C)[C@@H](CC(C)C)C(=O)N(C)[C@@H](C(C)C)C(=O)N1C. The Morgan fingerprint density at radius 1 is 0.521 bits per heavy atom. The number of likely N-dealkylation sites (tertiary alicyclic amines) is 1. The maximum Gasteiger partial charge on any atom is 0.246 e. The molecular formula is C71H129N13O12. The van der Waals surface area contributed by atoms with Crippen LogP contribution in [0.4, 0.5) is 0 Å². The number of rotatable bonds is 19. The maximum absolute atomic E-state index is 15.3. The minimum Gasteiger partial charge on any atom is -0.390 e. The highest BCUT2D eigenvalue weighted by molar-refractivity contribution is 6.00. The van der Waals surface area contributed by atoms with Gasteiger partial charge >= 0.3 is 0 Å². The van der Waals surface area contributed by atoms with E-state index in [0.29, 0.717) is 25.3 Å². The van der Waals surface area contributed by atoms with Gasteiger partial charge in [-0.2, -0.15) is 0 Å². The van der Waals surface area contributed by atoms with E-state index in [1.54, 1.807) is 47.6 Å². The van der Waals surface area contributed by atoms with Crippen molar-refractivity contribution in [3.63, 3.8) is 0 Å². The maximum atomic E-state index is 15.3. The van der Waals surface area contributed by atoms with Gasteiger partial charge in [0.2, 0.25) is 65.0 Å². The third-order valence-corrected chi connectivity index (χ3v) is 19.6. The standard InChI is InChI=1S/C71H129N13O12/c1-26-28-32-47(14)60(85)59-64(89)75-52(27-2)67(92)77(19)50(17)66(91)82(24)58(46(13)33-31-36-84-35-30-29-34-51(40-84)72-18)63(88)76-56(44(9)10)70(95)78(20)53(37-41(3)4)62(87)73-48(15)61(86)74-49(16)65(90)79(21)54(38-42(5)6)68(93)80(22)55(39-43(7)8)69(94)81(23)57(45(11)12)71(96)83(59)25/h26,28,41-60,72,85H,27,29-40H2,1-25H3,(H,73,87)(H,74,86)(H,75,89)(H,76,88)/b28-26+/t46-,47-,48+,49-,50-,51?,52+,53+,54+,55+,56+,57+,58+,59+,60-/m1/s1. The highest BCUT2D eigenvalue weighted by Gasteiger charge is 2.46. The van der Waals surface area contributed by atoms with Crippen molar-refractivity contribution in [3.8, 4) is 0 Å². The molecule has 0 aliphatic carbocycles. The number of hydrogen-bond acceptors (Lipinski definition) is 14. The van der Waals surface area contributed by atoms with Crippen molar-refractivity contribution in [2.75, 3.05) is 76.0 Å². The van der Waals surface area contributed by atoms with Gasteiger partial charge in [0, 0.05) is 61.9 Å². The molecule has 2 rings (SSSR count). The Labute approximate surface area is 576 Å². The Morgan fingerprint density at radius 3 is 1.52 bits per heavy atom. The van der Waals surface area contributed by atoms with E-state index in [9.17, 15) is 29.1 Å². The van der Waals surface area contributed by atoms with Crippen molar-refractivity contribution in [2.45, 2.75) is 261 Å². The average Bonchev–Trinajstić information content (AvgIpc) is 0.913. The minimum atomic E-state index is -1.63. The first kappa shape index (κ1) is 85.9. The lowest BCUT2D eigenvalue weighted by Crippen LogP contribution is -2.64. The molecule has 1 unspecified atom stereocenters. The molecule has 0 aromatic rings. The molecule has 11 amide bonds. The fraction of sp³-hybridized carbons (Fsp3) is 0.817. The Kier molecular flexibility index (Phi) is 35.8. The molecule has 0 spiro atoms. The zero-order valence-electron chi connectivity index (χ0n) is 63.4. The molecule has 550 valence electrons. The summed E-state index contributed by atoms with van der Waals surface area (Å²) >= 11 is 0. The van der Waals surface area contributed by atoms with Crippen LogP contribution in [0, 0.1) is 41.4 Å². The van der Waals surface area contributed by atoms with Crippen molar-refractivity contribution in [1.82, 2.24) is 65.8 Å². The fourth-order valence-corrected chi connectivity index (χ4v) is 13.3. The third kappa shape index (κ3) is 23.8. The van der Waals surface area contributed by atoms with Crippen LogP contribution in [0.5, 0.6) is 0 Å². The van der Waals surface area contributed by atoms with Gasteiger partial charge in [-0.25, -0.2) is 0 Å². The number of carbonyl (C=O) groups excluding carboxylic acids is 11. The van der Waals surface area contributed by atoms with Gasteiger partial charge in [0.1, 0.15) is 66.5 Å². The zero-order valence-corrected chi connectivity index (χ0v) is 63.4. The molecule has 2 aliphatic heterocycles. The molecule has 0 saturated carbocycles. The molecule has 2 saturated heterocycles. The summed E-state index contributed by atoms with van der Waals surface area (Å²) in [5, 5.41) is 26.9. The van der Waals surface area contributed by atoms with Crippen LogP contribution in [0.1, 0.15) is 182 Å². The molecule has 0 bridgehead atoms. The van der Waals surface area contributed by atoms with E-state index in [1.807, 2.05) is 68.5 Å². The highest BCUT2D eigenvalue weighted by Crippen LogP contribution is 2.27. The second-order valence-electron chi connectivity index (χ2n) is 29.7. The summed E-state index contributed by atoms with van der Waals surface area (Å²) in [4.78, 5) is 175. The number of allylic oxidation sites excluding steroid dienone is 2. The van der Waals surface area contributed by atoms with E-state index >= 15 is 28.8 Å². The molecule has 2 aliphatic rings. The van der Waals surface area contributed by atoms with Gasteiger partial charge in [0.15, 0.2) is 0 Å². The monoisotopic (exact) mass is 1360 g/mol. The lowest BCUT2D eigenvalue weighted by atomic mass is 9.91. The number of hydrogen-bond donors (Lipinski definition) is 6. The summed E-state index contributed by atoms with van der Waals surface area (Å²) in [5.41, 5.74) is 0. The lowest BCUT2D eigenvalue weighted by molar-refractivity contribution is -0.157. The minimum absolute atomic E-state index is 0.0115. The average molecular weight is 1360 g/mol. The second kappa shape index (κ2) is 40.0. The van der Waals surface area contributed by atoms with Crippen LogP contribution in [-0.2, 0) is 52.7 Å². The Hall–Kier alpha value is -6.21. The predicted molar refractivity (Wildman–Crippen MR) is 375 cm³/mol. The molecule has 25 heteroatoms. The smallest absolute Gasteiger partial charge is 0.246 e. The highest BCUT2D eigenvalue weighted by atomic mass is 16.3. The number of likely N-dealkylation sites (N-methyl/N-ethyl adjacent to an activating group) is 8. The van der Waals surface area contributed by atoms with Crippen LogP contribution in [0.2, 0.25) is 0 Å². The van der Waals surface area contributed by atoms with Gasteiger partial charge in [0.25, 0.3) is 0 Å². The molecule has 96 heavy (non-hydrogen) atoms. The Morgan fingerprint density at radius 2 is 1.01 bits per heavy atom. The summed E-state index contributed by atoms with van der Waals surface area (Å²) in [5.74, 6) is -10.1. The number of aliphatic hydroxyl groups is 1. The van der Waals surface area contributed by atoms with Crippen molar-refractivity contribution in [2.24, 2.45) is 41.4 Å². The molecule has 15 atom stereocenters. The first-order valence-corrected chi connectivity index (χ1v) is 35.4. The number of nitrogens with one attached hydrogen (secondary N) is 5. The molecule has 0 aromatic carbocycles. The van der Waals surface area contributed by atoms with E-state index in [-0.39, 0.29) is 43.4 Å². The largest absolute Gasteiger partial charge is 0.390 e. The molecule has 2 heterocycles. The van der Waals surface area contributed by atoms with E-state index in [2.05, 4.69) is 31.5 Å². The third-order valence-electron chi connectivity index (χ3n) is 19.6. The summed E-state index contributed by atoms with van der Waals surface area (Å²) in [6.45, 7) is 32.3. The summed E-state index contributed by atoms with van der Waals surface area (Å²) in [7, 11) is 12.1. The van der Waals surface area contributed by atoms with Crippen LogP contribution in [0.15, 0.2) is 12.2 Å². The van der Waals surface area contributed by atoms with E-state index in [4.69, 9.17) is 0 Å². The first-order chi connectivity index (χ1) is 44.6. The van der Waals surface area contributed by atoms with Crippen molar-refractivity contribution in [3.05, 3.63) is 12.2 Å². The second-order valence-corrected chi connectivity index (χ2v) is 29.7. The van der Waals surface area contributed by atoms with Crippen molar-refractivity contribution >= 4 is 65.0 Å². The summed E-state index contributed by atoms with van der Waals surface area (Å²) in [6.07, 6.45) is 7.24. The van der Waals surface area contributed by atoms with Gasteiger partial charge < -0.3 is 70.9 Å². The number of amides is 11. The molecule has 2 fully saturated rings. The van der Waals surface area contributed by atoms with Gasteiger partial charge in [-0.1, -0.05) is 109 Å². The van der Waals surface area contributed by atoms with Gasteiger partial charge in [-0.05, 0) is 147 Å². The van der Waals surface area contributed by atoms with Gasteiger partial charge in [-0.3, -0.25) is 52.7 Å². The van der Waals surface area contributed by atoms with Gasteiger partial charge in [0.05, 0.1) is 6.10 Å². The van der Waals surface area contributed by atoms with Crippen LogP contribution < -0.4 is 26.6 Å². The van der Waals surface area contributed by atoms with Crippen LogP contribution in [-0.4, -0.2) is 264 Å². The number of carbonyl (C=O) groups is 11. The van der Waals surface area contributed by atoms with E-state index < -0.39 is 161 Å². The molecule has 25 nitrogen and oxygen atoms in total. The summed E-state index contributed by atoms with van der Waals surface area (Å²) < 4.78 is 0. The lowest BCUT2D eigenvalue weighted by Gasteiger charge is -2.41. The fourth-order valence-electron chi connectivity index (χ4n) is 13.3. The molecule has 0 radical (unpaired) electrons. The van der Waals surface area contributed by atoms with E-state index in [1.165, 1.54) is 99.5 Å². The Bertz CT molecular complexity index is 2620. The van der Waals surface area contributed by atoms with Crippen molar-refractivity contribution < 1.29 is 57.8 Å². The van der Waals surface area contributed by atoms with Gasteiger partial charge in [-0.15, -0.1) is 0 Å². The van der Waals surface area contributed by atoms with Crippen LogP contribution in [0.3, 0.4) is 0 Å². The summed E-state index contributed by atoms with van der Waals surface area (Å²) in [6, 6.07) is -13.4. The zero-order chi connectivity index (χ0) is 73.7. The van der Waals surface area contributed by atoms with E-state index in [0.717, 1.165) is 43.8 Å². The molecule has 0 aromatic heterocycles. The molecule has 6 N–H and O–H groups in total. The first-order valence-electron chi connectivity index (χ1n) is 35.4. The molecular weight excluding hydrogens is 1230 g/mol. The predicted octanol–water partition coefficient (Wildman–Crippen LogP) is 4.10. The van der Waals surface area contributed by atoms with Crippen LogP contribution >= 0.6 is 0 Å². The normalized spacial score (nSPS) is 28.3. The van der Waals surface area contributed by atoms with Crippen LogP contribution in [0.25, 0.3) is 0 Å². The topological polar surface area (TPSA) is 294 Å². The quantitative estimate of drug-likeness (QED) is 0.0994.